The molecule has 0 radical (unpaired) electrons. The van der Waals surface area contributed by atoms with E-state index in [2.05, 4.69) is 12.2 Å². The van der Waals surface area contributed by atoms with Crippen LogP contribution in [0.5, 0.6) is 23.0 Å². The SMILES string of the molecule is O=C1c2cc3ccc2-c2ccc(cc21)OCCOCCOCCOc1ccc(cc1)/C=C/c1ccc(cc1)OCCOCCOCCO3. The van der Waals surface area contributed by atoms with Crippen LogP contribution in [0, 0.1) is 0 Å². The fourth-order valence-corrected chi connectivity index (χ4v) is 5.28. The lowest BCUT2D eigenvalue weighted by Gasteiger charge is -2.10. The molecule has 3 heterocycles. The van der Waals surface area contributed by atoms with Gasteiger partial charge in [-0.15, -0.1) is 0 Å². The molecule has 48 heavy (non-hydrogen) atoms. The van der Waals surface area contributed by atoms with E-state index in [0.717, 1.165) is 33.8 Å². The average molecular weight is 653 g/mol. The minimum absolute atomic E-state index is 0.0459. The second-order valence-electron chi connectivity index (χ2n) is 11.1. The van der Waals surface area contributed by atoms with E-state index in [1.165, 1.54) is 0 Å². The van der Waals surface area contributed by atoms with Crippen molar-refractivity contribution in [2.24, 2.45) is 0 Å². The minimum Gasteiger partial charge on any atom is -0.491 e. The summed E-state index contributed by atoms with van der Waals surface area (Å²) in [6.45, 7) is 5.16. The average Bonchev–Trinajstić information content (AvgIpc) is 3.39. The molecule has 0 N–H and O–H groups in total. The van der Waals surface area contributed by atoms with Gasteiger partial charge < -0.3 is 37.9 Å². The van der Waals surface area contributed by atoms with Gasteiger partial charge in [-0.3, -0.25) is 4.79 Å². The van der Waals surface area contributed by atoms with Crippen molar-refractivity contribution in [2.75, 3.05) is 79.3 Å². The Morgan fingerprint density at radius 2 is 0.646 bits per heavy atom. The van der Waals surface area contributed by atoms with Gasteiger partial charge in [-0.1, -0.05) is 36.4 Å². The highest BCUT2D eigenvalue weighted by Crippen LogP contribution is 2.39. The van der Waals surface area contributed by atoms with Gasteiger partial charge in [-0.05, 0) is 82.9 Å². The molecule has 9 heteroatoms. The van der Waals surface area contributed by atoms with Crippen LogP contribution in [0.25, 0.3) is 23.3 Å². The summed E-state index contributed by atoms with van der Waals surface area (Å²) >= 11 is 0. The van der Waals surface area contributed by atoms with Crippen molar-refractivity contribution < 1.29 is 42.7 Å². The molecule has 0 spiro atoms. The Bertz CT molecular complexity index is 1530. The second-order valence-corrected chi connectivity index (χ2v) is 11.1. The van der Waals surface area contributed by atoms with Crippen molar-refractivity contribution in [3.8, 4) is 34.1 Å². The van der Waals surface area contributed by atoms with Gasteiger partial charge in [0, 0.05) is 11.1 Å². The molecule has 4 aromatic rings. The monoisotopic (exact) mass is 652 g/mol. The number of benzene rings is 4. The van der Waals surface area contributed by atoms with Crippen LogP contribution in [0.1, 0.15) is 27.0 Å². The first-order chi connectivity index (χ1) is 23.7. The van der Waals surface area contributed by atoms with Crippen molar-refractivity contribution in [1.82, 2.24) is 0 Å². The van der Waals surface area contributed by atoms with Gasteiger partial charge in [0.2, 0.25) is 0 Å². The van der Waals surface area contributed by atoms with Gasteiger partial charge in [0.1, 0.15) is 49.4 Å². The molecule has 1 aliphatic carbocycles. The molecule has 0 fully saturated rings. The lowest BCUT2D eigenvalue weighted by molar-refractivity contribution is 0.0273. The Balaban J connectivity index is 1.00. The smallest absolute Gasteiger partial charge is 0.194 e. The predicted octanol–water partition coefficient (Wildman–Crippen LogP) is 6.36. The number of carbonyl (C=O) groups excluding carboxylic acids is 1. The third-order valence-corrected chi connectivity index (χ3v) is 7.72. The van der Waals surface area contributed by atoms with E-state index in [1.54, 1.807) is 12.1 Å². The van der Waals surface area contributed by atoms with E-state index in [0.29, 0.717) is 102 Å². The highest BCUT2D eigenvalue weighted by atomic mass is 16.6. The number of ketones is 1. The maximum Gasteiger partial charge on any atom is 0.194 e. The first kappa shape index (κ1) is 33.2. The number of carbonyl (C=O) groups is 1. The van der Waals surface area contributed by atoms with E-state index in [-0.39, 0.29) is 5.78 Å². The van der Waals surface area contributed by atoms with Crippen molar-refractivity contribution >= 4 is 17.9 Å². The van der Waals surface area contributed by atoms with Gasteiger partial charge in [0.05, 0.1) is 52.9 Å². The van der Waals surface area contributed by atoms with Crippen LogP contribution in [0.2, 0.25) is 0 Å². The molecule has 8 rings (SSSR count). The highest BCUT2D eigenvalue weighted by Gasteiger charge is 2.27. The quantitative estimate of drug-likeness (QED) is 0.190. The molecule has 0 unspecified atom stereocenters. The zero-order chi connectivity index (χ0) is 32.8. The van der Waals surface area contributed by atoms with Gasteiger partial charge in [0.25, 0.3) is 0 Å². The van der Waals surface area contributed by atoms with Crippen molar-refractivity contribution in [1.29, 1.82) is 0 Å². The third kappa shape index (κ3) is 9.45. The van der Waals surface area contributed by atoms with Crippen LogP contribution in [0.3, 0.4) is 0 Å². The summed E-state index contributed by atoms with van der Waals surface area (Å²) in [5, 5.41) is 0. The normalized spacial score (nSPS) is 17.5. The molecule has 0 saturated heterocycles. The summed E-state index contributed by atoms with van der Waals surface area (Å²) in [5.41, 5.74) is 5.17. The third-order valence-electron chi connectivity index (χ3n) is 7.72. The lowest BCUT2D eigenvalue weighted by atomic mass is 10.1. The molecule has 3 aliphatic heterocycles. The van der Waals surface area contributed by atoms with E-state index in [9.17, 15) is 4.79 Å². The molecule has 9 nitrogen and oxygen atoms in total. The zero-order valence-corrected chi connectivity index (χ0v) is 26.9. The van der Waals surface area contributed by atoms with Gasteiger partial charge in [0.15, 0.2) is 5.78 Å². The molecule has 0 aromatic heterocycles. The topological polar surface area (TPSA) is 90.9 Å². The molecule has 0 atom stereocenters. The standard InChI is InChI=1S/C39H40O9/c40-39-37-27-33-11-13-35(37)36-14-12-34(28-38(36)39)48-26-22-44-18-16-42-20-24-46-32-9-5-30(6-10-32)2-1-29-3-7-31(8-4-29)45-23-19-41-15-17-43-21-25-47-33/h1-14,27-28H,15-26H2/b2-1+. The molecule has 0 saturated carbocycles. The number of ether oxygens (including phenoxy) is 8. The Morgan fingerprint density at radius 1 is 0.333 bits per heavy atom. The molecule has 4 aromatic carbocycles. The molecule has 0 amide bonds. The molecule has 4 aliphatic rings. The number of fused-ring (bicyclic) bond motifs is 3. The molecular weight excluding hydrogens is 612 g/mol. The van der Waals surface area contributed by atoms with Crippen LogP contribution >= 0.6 is 0 Å². The maximum absolute atomic E-state index is 13.2. The molecule has 250 valence electrons. The number of hydrogen-bond donors (Lipinski definition) is 0. The summed E-state index contributed by atoms with van der Waals surface area (Å²) in [6, 6.07) is 27.0. The Hall–Kier alpha value is -4.67. The van der Waals surface area contributed by atoms with Crippen LogP contribution in [0.4, 0.5) is 0 Å². The Labute approximate surface area is 280 Å². The van der Waals surface area contributed by atoms with E-state index >= 15 is 0 Å². The fourth-order valence-electron chi connectivity index (χ4n) is 5.28. The molecular formula is C39H40O9. The van der Waals surface area contributed by atoms with Gasteiger partial charge in [-0.2, -0.15) is 0 Å². The largest absolute Gasteiger partial charge is 0.491 e. The van der Waals surface area contributed by atoms with Crippen LogP contribution in [0.15, 0.2) is 84.9 Å². The molecule has 8 bridgehead atoms. The summed E-state index contributed by atoms with van der Waals surface area (Å²) < 4.78 is 45.8. The van der Waals surface area contributed by atoms with Crippen molar-refractivity contribution in [2.45, 2.75) is 0 Å². The zero-order valence-electron chi connectivity index (χ0n) is 26.9. The lowest BCUT2D eigenvalue weighted by Crippen LogP contribution is -2.13. The van der Waals surface area contributed by atoms with Gasteiger partial charge >= 0.3 is 0 Å². The van der Waals surface area contributed by atoms with Crippen LogP contribution in [-0.4, -0.2) is 85.1 Å². The summed E-state index contributed by atoms with van der Waals surface area (Å²) in [7, 11) is 0. The maximum atomic E-state index is 13.2. The van der Waals surface area contributed by atoms with E-state index in [4.69, 9.17) is 37.9 Å². The first-order valence-corrected chi connectivity index (χ1v) is 16.3. The Morgan fingerprint density at radius 3 is 1.02 bits per heavy atom. The van der Waals surface area contributed by atoms with E-state index < -0.39 is 0 Å². The first-order valence-electron chi connectivity index (χ1n) is 16.3. The minimum atomic E-state index is -0.0459. The van der Waals surface area contributed by atoms with Crippen LogP contribution < -0.4 is 18.9 Å². The number of rotatable bonds is 0. The van der Waals surface area contributed by atoms with Crippen LogP contribution in [-0.2, 0) is 18.9 Å². The summed E-state index contributed by atoms with van der Waals surface area (Å²) in [5.74, 6) is 2.78. The predicted molar refractivity (Wildman–Crippen MR) is 182 cm³/mol. The van der Waals surface area contributed by atoms with Gasteiger partial charge in [-0.25, -0.2) is 0 Å². The number of hydrogen-bond acceptors (Lipinski definition) is 9. The van der Waals surface area contributed by atoms with Crippen molar-refractivity contribution in [3.05, 3.63) is 107 Å². The summed E-state index contributed by atoms with van der Waals surface area (Å²) in [6.07, 6.45) is 4.12. The van der Waals surface area contributed by atoms with E-state index in [1.807, 2.05) is 72.8 Å². The summed E-state index contributed by atoms with van der Waals surface area (Å²) in [4.78, 5) is 13.2. The van der Waals surface area contributed by atoms with Crippen molar-refractivity contribution in [3.63, 3.8) is 0 Å². The second kappa shape index (κ2) is 17.5. The highest BCUT2D eigenvalue weighted by molar-refractivity contribution is 6.22. The Kier molecular flexibility index (Phi) is 12.1. The fraction of sp³-hybridized carbons (Fsp3) is 0.308.